The predicted octanol–water partition coefficient (Wildman–Crippen LogP) is -1.23. The first-order valence-electron chi connectivity index (χ1n) is 1.98. The fraction of sp³-hybridized carbons (Fsp3) is 0.667. The summed E-state index contributed by atoms with van der Waals surface area (Å²) in [6.07, 6.45) is 0. The molecule has 0 radical (unpaired) electrons. The molecule has 0 aliphatic heterocycles. The van der Waals surface area contributed by atoms with Gasteiger partial charge in [-0.15, -0.1) is 0 Å². The number of hydrazine groups is 1. The highest BCUT2D eigenvalue weighted by Gasteiger charge is 2.09. The van der Waals surface area contributed by atoms with Gasteiger partial charge in [-0.2, -0.15) is 0 Å². The number of nitrogens with one attached hydrogen (secondary N) is 1. The van der Waals surface area contributed by atoms with Gasteiger partial charge in [0.1, 0.15) is 6.04 Å². The average molecular weight is 230 g/mol. The van der Waals surface area contributed by atoms with Gasteiger partial charge in [0.15, 0.2) is 0 Å². The Hall–Kier alpha value is 0.280. The van der Waals surface area contributed by atoms with Gasteiger partial charge in [0.05, 0.1) is 6.61 Å². The van der Waals surface area contributed by atoms with E-state index in [1.165, 1.54) is 0 Å². The van der Waals surface area contributed by atoms with E-state index in [1.807, 2.05) is 0 Å². The van der Waals surface area contributed by atoms with Gasteiger partial charge in [0, 0.05) is 22.6 Å². The van der Waals surface area contributed by atoms with Crippen LogP contribution in [0.4, 0.5) is 0 Å². The molecule has 4 nitrogen and oxygen atoms in total. The van der Waals surface area contributed by atoms with Crippen LogP contribution in [0, 0.1) is 0 Å². The molecule has 4 N–H and O–H groups in total. The van der Waals surface area contributed by atoms with E-state index in [9.17, 15) is 4.79 Å². The first-order chi connectivity index (χ1) is 3.72. The number of halogens is 1. The summed E-state index contributed by atoms with van der Waals surface area (Å²) in [4.78, 5) is 10.3. The molecule has 0 aromatic heterocycles. The van der Waals surface area contributed by atoms with Crippen LogP contribution in [0.3, 0.4) is 0 Å². The first-order valence-corrected chi connectivity index (χ1v) is 3.06. The second-order valence-corrected chi connectivity index (χ2v) is 2.27. The molecule has 0 fully saturated rings. The average Bonchev–Trinajstić information content (AvgIpc) is 1.69. The lowest BCUT2D eigenvalue weighted by Crippen LogP contribution is -2.41. The van der Waals surface area contributed by atoms with Crippen molar-refractivity contribution in [2.45, 2.75) is 6.04 Å². The zero-order valence-electron chi connectivity index (χ0n) is 4.10. The normalized spacial score (nSPS) is 13.4. The Labute approximate surface area is 60.5 Å². The van der Waals surface area contributed by atoms with E-state index >= 15 is 0 Å². The van der Waals surface area contributed by atoms with Crippen molar-refractivity contribution in [3.63, 3.8) is 0 Å². The molecule has 0 saturated heterocycles. The maximum atomic E-state index is 10.3. The van der Waals surface area contributed by atoms with Crippen LogP contribution < -0.4 is 11.3 Å². The quantitative estimate of drug-likeness (QED) is 0.245. The van der Waals surface area contributed by atoms with Crippen LogP contribution in [0.2, 0.25) is 0 Å². The van der Waals surface area contributed by atoms with Crippen LogP contribution in [-0.4, -0.2) is 21.5 Å². The molecule has 0 aliphatic carbocycles. The standard InChI is InChI=1S/C3H7IN2O2/c4-3(8)2(1-7)6-5/h2,6-7H,1,5H2. The fourth-order valence-electron chi connectivity index (χ4n) is 0.190. The summed E-state index contributed by atoms with van der Waals surface area (Å²) in [6.45, 7) is -0.252. The Balaban J connectivity index is 3.52. The summed E-state index contributed by atoms with van der Waals surface area (Å²) >= 11 is 1.56. The number of nitrogens with two attached hydrogens (primary N) is 1. The minimum atomic E-state index is -0.615. The molecule has 0 aromatic carbocycles. The summed E-state index contributed by atoms with van der Waals surface area (Å²) < 4.78 is -0.187. The lowest BCUT2D eigenvalue weighted by Gasteiger charge is -2.04. The van der Waals surface area contributed by atoms with Crippen molar-refractivity contribution in [2.75, 3.05) is 6.61 Å². The number of hydrogen-bond donors (Lipinski definition) is 3. The van der Waals surface area contributed by atoms with E-state index < -0.39 is 6.04 Å². The zero-order valence-corrected chi connectivity index (χ0v) is 6.25. The molecule has 0 aliphatic rings. The molecule has 48 valence electrons. The molecular formula is C3H7IN2O2. The molecule has 0 saturated carbocycles. The summed E-state index contributed by atoms with van der Waals surface area (Å²) in [5, 5.41) is 8.33. The molecule has 0 heterocycles. The Kier molecular flexibility index (Phi) is 4.33. The Morgan fingerprint density at radius 1 is 2.00 bits per heavy atom. The highest BCUT2D eigenvalue weighted by molar-refractivity contribution is 14.1. The summed E-state index contributed by atoms with van der Waals surface area (Å²) in [6, 6.07) is -0.615. The molecule has 1 atom stereocenters. The molecule has 0 bridgehead atoms. The van der Waals surface area contributed by atoms with E-state index in [-0.39, 0.29) is 10.4 Å². The van der Waals surface area contributed by atoms with Crippen molar-refractivity contribution in [1.29, 1.82) is 0 Å². The number of rotatable bonds is 3. The Morgan fingerprint density at radius 2 is 2.50 bits per heavy atom. The van der Waals surface area contributed by atoms with Crippen molar-refractivity contribution in [2.24, 2.45) is 5.84 Å². The van der Waals surface area contributed by atoms with Crippen LogP contribution in [-0.2, 0) is 4.79 Å². The molecule has 1 unspecified atom stereocenters. The van der Waals surface area contributed by atoms with Gasteiger partial charge >= 0.3 is 0 Å². The highest BCUT2D eigenvalue weighted by Crippen LogP contribution is 1.90. The third-order valence-corrected chi connectivity index (χ3v) is 1.41. The minimum absolute atomic E-state index is 0.187. The predicted molar refractivity (Wildman–Crippen MR) is 37.2 cm³/mol. The number of aliphatic hydroxyl groups is 1. The van der Waals surface area contributed by atoms with Gasteiger partial charge in [-0.25, -0.2) is 5.43 Å². The monoisotopic (exact) mass is 230 g/mol. The zero-order chi connectivity index (χ0) is 6.57. The minimum Gasteiger partial charge on any atom is -0.394 e. The van der Waals surface area contributed by atoms with Gasteiger partial charge in [-0.05, 0) is 0 Å². The molecule has 0 rings (SSSR count). The number of hydrogen-bond acceptors (Lipinski definition) is 4. The van der Waals surface area contributed by atoms with Crippen molar-refractivity contribution < 1.29 is 9.90 Å². The van der Waals surface area contributed by atoms with E-state index in [0.29, 0.717) is 0 Å². The summed E-state index contributed by atoms with van der Waals surface area (Å²) in [7, 11) is 0. The largest absolute Gasteiger partial charge is 0.394 e. The van der Waals surface area contributed by atoms with E-state index in [4.69, 9.17) is 10.9 Å². The molecule has 0 aromatic rings. The molecule has 0 amide bonds. The van der Waals surface area contributed by atoms with E-state index in [2.05, 4.69) is 5.43 Å². The van der Waals surface area contributed by atoms with Crippen LogP contribution in [0.25, 0.3) is 0 Å². The first kappa shape index (κ1) is 8.28. The third-order valence-electron chi connectivity index (χ3n) is 0.658. The van der Waals surface area contributed by atoms with Crippen LogP contribution >= 0.6 is 22.6 Å². The van der Waals surface area contributed by atoms with Crippen molar-refractivity contribution in [3.05, 3.63) is 0 Å². The van der Waals surface area contributed by atoms with Gasteiger partial charge in [0.25, 0.3) is 0 Å². The van der Waals surface area contributed by atoms with E-state index in [0.717, 1.165) is 0 Å². The van der Waals surface area contributed by atoms with Crippen LogP contribution in [0.5, 0.6) is 0 Å². The van der Waals surface area contributed by atoms with Crippen molar-refractivity contribution >= 4 is 26.4 Å². The summed E-state index contributed by atoms with van der Waals surface area (Å²) in [5.74, 6) is 4.85. The van der Waals surface area contributed by atoms with Crippen LogP contribution in [0.15, 0.2) is 0 Å². The van der Waals surface area contributed by atoms with Gasteiger partial charge in [-0.3, -0.25) is 10.6 Å². The van der Waals surface area contributed by atoms with Crippen molar-refractivity contribution in [1.82, 2.24) is 5.43 Å². The van der Waals surface area contributed by atoms with Gasteiger partial charge in [-0.1, -0.05) is 0 Å². The maximum absolute atomic E-state index is 10.3. The number of carbonyl (C=O) groups is 1. The van der Waals surface area contributed by atoms with E-state index in [1.54, 1.807) is 22.6 Å². The Morgan fingerprint density at radius 3 is 2.50 bits per heavy atom. The molecular weight excluding hydrogens is 223 g/mol. The smallest absolute Gasteiger partial charge is 0.212 e. The SMILES string of the molecule is NNC(CO)C(=O)I. The second-order valence-electron chi connectivity index (χ2n) is 1.21. The lowest BCUT2D eigenvalue weighted by atomic mass is 10.4. The third kappa shape index (κ3) is 2.55. The maximum Gasteiger partial charge on any atom is 0.212 e. The number of aliphatic hydroxyl groups excluding tert-OH is 1. The number of carbonyl (C=O) groups excluding carboxylic acids is 1. The highest BCUT2D eigenvalue weighted by atomic mass is 127. The van der Waals surface area contributed by atoms with Gasteiger partial charge < -0.3 is 5.11 Å². The van der Waals surface area contributed by atoms with Gasteiger partial charge in [0.2, 0.25) is 3.79 Å². The summed E-state index contributed by atoms with van der Waals surface area (Å²) in [5.41, 5.74) is 2.14. The lowest BCUT2D eigenvalue weighted by molar-refractivity contribution is -0.112. The van der Waals surface area contributed by atoms with Crippen LogP contribution in [0.1, 0.15) is 0 Å². The molecule has 5 heteroatoms. The molecule has 0 spiro atoms. The second kappa shape index (κ2) is 4.19. The Bertz CT molecular complexity index is 83.4. The fourth-order valence-corrected chi connectivity index (χ4v) is 0.567. The topological polar surface area (TPSA) is 75.3 Å². The molecule has 8 heavy (non-hydrogen) atoms. The van der Waals surface area contributed by atoms with Crippen molar-refractivity contribution in [3.8, 4) is 0 Å².